The number of nitriles is 1. The Morgan fingerprint density at radius 1 is 1.53 bits per heavy atom. The molecule has 6 heteroatoms. The van der Waals surface area contributed by atoms with Crippen molar-refractivity contribution in [2.24, 2.45) is 0 Å². The van der Waals surface area contributed by atoms with Gasteiger partial charge in [0.1, 0.15) is 23.8 Å². The van der Waals surface area contributed by atoms with Gasteiger partial charge in [-0.3, -0.25) is 0 Å². The Kier molecular flexibility index (Phi) is 3.57. The molecule has 0 fully saturated rings. The van der Waals surface area contributed by atoms with Gasteiger partial charge in [0.05, 0.1) is 17.1 Å². The summed E-state index contributed by atoms with van der Waals surface area (Å²) in [4.78, 5) is 11.0. The standard InChI is InChI=1S/C11H9ClN4S/c1-16(6-9-2-3-10(12)17-9)11-8(4-13)5-14-7-15-11/h2-3,5,7H,6H2,1H3. The Hall–Kier alpha value is -1.64. The molecule has 86 valence electrons. The fourth-order valence-corrected chi connectivity index (χ4v) is 2.59. The Morgan fingerprint density at radius 3 is 3.00 bits per heavy atom. The maximum atomic E-state index is 8.96. The normalized spacial score (nSPS) is 9.94. The van der Waals surface area contributed by atoms with Gasteiger partial charge in [0, 0.05) is 11.9 Å². The lowest BCUT2D eigenvalue weighted by molar-refractivity contribution is 0.900. The minimum atomic E-state index is 0.470. The fraction of sp³-hybridized carbons (Fsp3) is 0.182. The molecule has 0 saturated heterocycles. The van der Waals surface area contributed by atoms with Crippen LogP contribution in [-0.2, 0) is 6.54 Å². The molecule has 0 amide bonds. The van der Waals surface area contributed by atoms with E-state index in [1.54, 1.807) is 0 Å². The van der Waals surface area contributed by atoms with E-state index in [1.807, 2.05) is 24.1 Å². The van der Waals surface area contributed by atoms with Crippen molar-refractivity contribution >= 4 is 28.8 Å². The summed E-state index contributed by atoms with van der Waals surface area (Å²) in [7, 11) is 1.89. The first-order chi connectivity index (χ1) is 8.20. The lowest BCUT2D eigenvalue weighted by Crippen LogP contribution is -2.18. The molecule has 0 aromatic carbocycles. The van der Waals surface area contributed by atoms with Crippen molar-refractivity contribution in [3.63, 3.8) is 0 Å². The molecule has 2 heterocycles. The van der Waals surface area contributed by atoms with Crippen LogP contribution in [0.4, 0.5) is 5.82 Å². The van der Waals surface area contributed by atoms with Crippen molar-refractivity contribution in [2.45, 2.75) is 6.54 Å². The zero-order valence-electron chi connectivity index (χ0n) is 9.09. The molecule has 2 aromatic rings. The predicted molar refractivity (Wildman–Crippen MR) is 68.2 cm³/mol. The van der Waals surface area contributed by atoms with Crippen LogP contribution in [0.2, 0.25) is 4.34 Å². The van der Waals surface area contributed by atoms with Crippen molar-refractivity contribution in [3.8, 4) is 6.07 Å². The lowest BCUT2D eigenvalue weighted by atomic mass is 10.3. The number of hydrogen-bond donors (Lipinski definition) is 0. The largest absolute Gasteiger partial charge is 0.353 e. The van der Waals surface area contributed by atoms with E-state index in [2.05, 4.69) is 16.0 Å². The van der Waals surface area contributed by atoms with Crippen LogP contribution in [0.5, 0.6) is 0 Å². The number of aromatic nitrogens is 2. The topological polar surface area (TPSA) is 52.8 Å². The smallest absolute Gasteiger partial charge is 0.150 e. The van der Waals surface area contributed by atoms with Crippen molar-refractivity contribution in [1.82, 2.24) is 9.97 Å². The zero-order valence-corrected chi connectivity index (χ0v) is 10.7. The molecule has 0 bridgehead atoms. The molecule has 0 N–H and O–H groups in total. The number of rotatable bonds is 3. The van der Waals surface area contributed by atoms with E-state index in [-0.39, 0.29) is 0 Å². The average Bonchev–Trinajstić information content (AvgIpc) is 2.74. The van der Waals surface area contributed by atoms with Crippen molar-refractivity contribution in [3.05, 3.63) is 39.4 Å². The predicted octanol–water partition coefficient (Wildman–Crippen LogP) is 2.70. The Balaban J connectivity index is 2.20. The molecular formula is C11H9ClN4S. The molecule has 0 atom stereocenters. The second kappa shape index (κ2) is 5.13. The molecule has 17 heavy (non-hydrogen) atoms. The zero-order chi connectivity index (χ0) is 12.3. The molecule has 0 aliphatic carbocycles. The quantitative estimate of drug-likeness (QED) is 0.855. The molecule has 4 nitrogen and oxygen atoms in total. The van der Waals surface area contributed by atoms with Gasteiger partial charge in [0.15, 0.2) is 0 Å². The van der Waals surface area contributed by atoms with Gasteiger partial charge >= 0.3 is 0 Å². The SMILES string of the molecule is CN(Cc1ccc(Cl)s1)c1ncncc1C#N. The highest BCUT2D eigenvalue weighted by Gasteiger charge is 2.10. The maximum absolute atomic E-state index is 8.96. The third-order valence-electron chi connectivity index (χ3n) is 2.20. The number of halogens is 1. The number of nitrogens with zero attached hydrogens (tertiary/aromatic N) is 4. The van der Waals surface area contributed by atoms with Crippen LogP contribution in [0.25, 0.3) is 0 Å². The van der Waals surface area contributed by atoms with Crippen molar-refractivity contribution in [1.29, 1.82) is 5.26 Å². The monoisotopic (exact) mass is 264 g/mol. The van der Waals surface area contributed by atoms with Crippen molar-refractivity contribution < 1.29 is 0 Å². The molecule has 0 aliphatic rings. The summed E-state index contributed by atoms with van der Waals surface area (Å²) in [5, 5.41) is 8.96. The van der Waals surface area contributed by atoms with Gasteiger partial charge < -0.3 is 4.90 Å². The summed E-state index contributed by atoms with van der Waals surface area (Å²) in [6.07, 6.45) is 2.95. The molecule has 0 spiro atoms. The maximum Gasteiger partial charge on any atom is 0.150 e. The van der Waals surface area contributed by atoms with Gasteiger partial charge in [-0.05, 0) is 12.1 Å². The summed E-state index contributed by atoms with van der Waals surface area (Å²) in [5.74, 6) is 0.632. The number of thiophene rings is 1. The van der Waals surface area contributed by atoms with Gasteiger partial charge in [-0.1, -0.05) is 11.6 Å². The van der Waals surface area contributed by atoms with Crippen LogP contribution in [0.1, 0.15) is 10.4 Å². The lowest BCUT2D eigenvalue weighted by Gasteiger charge is -2.17. The minimum absolute atomic E-state index is 0.470. The highest BCUT2D eigenvalue weighted by molar-refractivity contribution is 7.16. The summed E-state index contributed by atoms with van der Waals surface area (Å²) in [6, 6.07) is 5.91. The first-order valence-corrected chi connectivity index (χ1v) is 6.05. The Labute approximate surface area is 108 Å². The van der Waals surface area contributed by atoms with Crippen LogP contribution in [0.3, 0.4) is 0 Å². The van der Waals surface area contributed by atoms with E-state index >= 15 is 0 Å². The van der Waals surface area contributed by atoms with E-state index in [9.17, 15) is 0 Å². The van der Waals surface area contributed by atoms with E-state index in [1.165, 1.54) is 23.9 Å². The number of hydrogen-bond acceptors (Lipinski definition) is 5. The van der Waals surface area contributed by atoms with Crippen LogP contribution in [-0.4, -0.2) is 17.0 Å². The van der Waals surface area contributed by atoms with E-state index in [0.29, 0.717) is 17.9 Å². The van der Waals surface area contributed by atoms with E-state index in [0.717, 1.165) is 9.21 Å². The van der Waals surface area contributed by atoms with Crippen LogP contribution >= 0.6 is 22.9 Å². The fourth-order valence-electron chi connectivity index (χ4n) is 1.45. The van der Waals surface area contributed by atoms with Crippen molar-refractivity contribution in [2.75, 3.05) is 11.9 Å². The third-order valence-corrected chi connectivity index (χ3v) is 3.41. The van der Waals surface area contributed by atoms with Gasteiger partial charge in [-0.25, -0.2) is 9.97 Å². The average molecular weight is 265 g/mol. The molecular weight excluding hydrogens is 256 g/mol. The Morgan fingerprint density at radius 2 is 2.35 bits per heavy atom. The van der Waals surface area contributed by atoms with Crippen LogP contribution < -0.4 is 4.90 Å². The number of anilines is 1. The second-order valence-corrected chi connectivity index (χ2v) is 5.23. The molecule has 0 aliphatic heterocycles. The molecule has 0 saturated carbocycles. The Bertz CT molecular complexity index is 561. The second-order valence-electron chi connectivity index (χ2n) is 3.43. The molecule has 0 radical (unpaired) electrons. The summed E-state index contributed by atoms with van der Waals surface area (Å²) >= 11 is 7.39. The van der Waals surface area contributed by atoms with E-state index < -0.39 is 0 Å². The summed E-state index contributed by atoms with van der Waals surface area (Å²) in [6.45, 7) is 0.670. The highest BCUT2D eigenvalue weighted by Crippen LogP contribution is 2.24. The summed E-state index contributed by atoms with van der Waals surface area (Å²) < 4.78 is 0.761. The van der Waals surface area contributed by atoms with E-state index in [4.69, 9.17) is 16.9 Å². The van der Waals surface area contributed by atoms with Gasteiger partial charge in [-0.2, -0.15) is 5.26 Å². The first-order valence-electron chi connectivity index (χ1n) is 4.86. The van der Waals surface area contributed by atoms with Gasteiger partial charge in [0.2, 0.25) is 0 Å². The minimum Gasteiger partial charge on any atom is -0.353 e. The molecule has 2 rings (SSSR count). The van der Waals surface area contributed by atoms with Gasteiger partial charge in [-0.15, -0.1) is 11.3 Å². The van der Waals surface area contributed by atoms with Gasteiger partial charge in [0.25, 0.3) is 0 Å². The molecule has 2 aromatic heterocycles. The van der Waals surface area contributed by atoms with Crippen LogP contribution in [0, 0.1) is 11.3 Å². The highest BCUT2D eigenvalue weighted by atomic mass is 35.5. The summed E-state index contributed by atoms with van der Waals surface area (Å²) in [5.41, 5.74) is 0.470. The van der Waals surface area contributed by atoms with Crippen LogP contribution in [0.15, 0.2) is 24.7 Å². The molecule has 0 unspecified atom stereocenters. The first kappa shape index (κ1) is 11.8. The third kappa shape index (κ3) is 2.73.